The number of halogens is 1. The minimum absolute atomic E-state index is 0.0479. The van der Waals surface area contributed by atoms with Crippen LogP contribution in [0.2, 0.25) is 0 Å². The molecule has 0 aromatic heterocycles. The monoisotopic (exact) mass is 341 g/mol. The predicted molar refractivity (Wildman–Crippen MR) is 78.3 cm³/mol. The van der Waals surface area contributed by atoms with E-state index in [0.29, 0.717) is 10.4 Å². The average molecular weight is 342 g/mol. The number of carbonyl (C=O) groups excluding carboxylic acids is 1. The fraction of sp³-hybridized carbons (Fsp3) is 0.462. The van der Waals surface area contributed by atoms with Gasteiger partial charge in [0.05, 0.1) is 12.1 Å². The summed E-state index contributed by atoms with van der Waals surface area (Å²) in [5.41, 5.74) is -0.588. The van der Waals surface area contributed by atoms with E-state index >= 15 is 0 Å². The van der Waals surface area contributed by atoms with Crippen LogP contribution in [0.15, 0.2) is 27.3 Å². The van der Waals surface area contributed by atoms with E-state index in [9.17, 15) is 9.59 Å². The molecule has 7 heteroatoms. The van der Waals surface area contributed by atoms with Crippen LogP contribution in [0.3, 0.4) is 0 Å². The summed E-state index contributed by atoms with van der Waals surface area (Å²) in [6.07, 6.45) is 3.25. The van der Waals surface area contributed by atoms with E-state index in [-0.39, 0.29) is 23.9 Å². The molecule has 1 atom stereocenters. The first kappa shape index (κ1) is 14.8. The van der Waals surface area contributed by atoms with Gasteiger partial charge in [-0.15, -0.1) is 0 Å². The van der Waals surface area contributed by atoms with Gasteiger partial charge in [-0.3, -0.25) is 10.1 Å². The summed E-state index contributed by atoms with van der Waals surface area (Å²) in [6.45, 7) is 5.79. The van der Waals surface area contributed by atoms with Gasteiger partial charge in [0.15, 0.2) is 0 Å². The molecule has 1 amide bonds. The lowest BCUT2D eigenvalue weighted by Crippen LogP contribution is -2.44. The fourth-order valence-corrected chi connectivity index (χ4v) is 2.47. The van der Waals surface area contributed by atoms with Crippen molar-refractivity contribution >= 4 is 33.8 Å². The molecule has 0 fully saturated rings. The molecule has 0 aromatic rings. The highest BCUT2D eigenvalue weighted by atomic mass is 79.9. The first-order chi connectivity index (χ1) is 9.24. The average Bonchev–Trinajstić information content (AvgIpc) is 2.66. The number of guanidine groups is 1. The summed E-state index contributed by atoms with van der Waals surface area (Å²) in [5.74, 6) is -0.725. The quantitative estimate of drug-likeness (QED) is 0.796. The molecule has 0 spiro atoms. The molecular weight excluding hydrogens is 326 g/mol. The molecule has 2 aliphatic rings. The predicted octanol–water partition coefficient (Wildman–Crippen LogP) is 1.45. The molecule has 2 rings (SSSR count). The van der Waals surface area contributed by atoms with Crippen LogP contribution in [-0.2, 0) is 9.59 Å². The van der Waals surface area contributed by atoms with Crippen LogP contribution in [0.5, 0.6) is 0 Å². The number of aliphatic imine (C=N–C) groups is 1. The Balaban J connectivity index is 2.29. The largest absolute Gasteiger partial charge is 0.478 e. The van der Waals surface area contributed by atoms with Crippen LogP contribution in [0.1, 0.15) is 20.8 Å². The molecule has 6 nitrogen and oxygen atoms in total. The molecule has 0 saturated carbocycles. The molecule has 1 unspecified atom stereocenters. The molecule has 0 radical (unpaired) electrons. The maximum absolute atomic E-state index is 12.1. The number of nitrogens with zero attached hydrogens (tertiary/aromatic N) is 2. The molecule has 0 aromatic carbocycles. The smallest absolute Gasteiger partial charge is 0.333 e. The van der Waals surface area contributed by atoms with E-state index in [1.165, 1.54) is 6.08 Å². The Morgan fingerprint density at radius 2 is 2.25 bits per heavy atom. The van der Waals surface area contributed by atoms with Gasteiger partial charge in [-0.25, -0.2) is 9.79 Å². The Hall–Kier alpha value is -1.63. The lowest BCUT2D eigenvalue weighted by Gasteiger charge is -2.23. The Morgan fingerprint density at radius 1 is 1.60 bits per heavy atom. The Bertz CT molecular complexity index is 565. The molecule has 20 heavy (non-hydrogen) atoms. The van der Waals surface area contributed by atoms with Crippen molar-refractivity contribution in [2.24, 2.45) is 10.9 Å². The first-order valence-electron chi connectivity index (χ1n) is 6.23. The summed E-state index contributed by atoms with van der Waals surface area (Å²) >= 11 is 3.27. The molecule has 0 bridgehead atoms. The Kier molecular flexibility index (Phi) is 3.73. The lowest BCUT2D eigenvalue weighted by atomic mass is 9.89. The van der Waals surface area contributed by atoms with Gasteiger partial charge in [-0.1, -0.05) is 13.8 Å². The zero-order valence-electron chi connectivity index (χ0n) is 11.5. The van der Waals surface area contributed by atoms with E-state index in [2.05, 4.69) is 26.2 Å². The van der Waals surface area contributed by atoms with Crippen molar-refractivity contribution < 1.29 is 14.7 Å². The number of carboxylic acid groups (broad SMARTS) is 1. The fourth-order valence-electron chi connectivity index (χ4n) is 1.95. The normalized spacial score (nSPS) is 26.1. The summed E-state index contributed by atoms with van der Waals surface area (Å²) < 4.78 is 0.622. The number of aliphatic carboxylic acids is 1. The number of hydrogen-bond donors (Lipinski definition) is 2. The Labute approximate surface area is 125 Å². The third kappa shape index (κ3) is 2.49. The maximum Gasteiger partial charge on any atom is 0.333 e. The number of carboxylic acids is 1. The zero-order chi connectivity index (χ0) is 15.1. The summed E-state index contributed by atoms with van der Waals surface area (Å²) in [5, 5.41) is 11.8. The summed E-state index contributed by atoms with van der Waals surface area (Å²) in [6, 6.07) is 0. The minimum Gasteiger partial charge on any atom is -0.478 e. The van der Waals surface area contributed by atoms with Gasteiger partial charge in [0.2, 0.25) is 5.96 Å². The van der Waals surface area contributed by atoms with Crippen molar-refractivity contribution in [2.75, 3.05) is 6.54 Å². The van der Waals surface area contributed by atoms with Gasteiger partial charge in [0.1, 0.15) is 5.54 Å². The standard InChI is InChI=1S/C13H16BrN3O3/c1-7(2)13(3)11(20)15-12(16-13)17-5-8(10(18)19)4-9(14)6-17/h4,6-7H,5H2,1-3H3,(H,18,19)(H,15,16,20). The second-order valence-corrected chi connectivity index (χ2v) is 6.22. The highest BCUT2D eigenvalue weighted by Gasteiger charge is 2.43. The minimum atomic E-state index is -0.989. The van der Waals surface area contributed by atoms with Crippen LogP contribution in [0.4, 0.5) is 0 Å². The van der Waals surface area contributed by atoms with Crippen LogP contribution in [0, 0.1) is 5.92 Å². The third-order valence-corrected chi connectivity index (χ3v) is 4.06. The number of hydrogen-bond acceptors (Lipinski definition) is 4. The van der Waals surface area contributed by atoms with E-state index in [0.717, 1.165) is 0 Å². The second kappa shape index (κ2) is 5.05. The van der Waals surface area contributed by atoms with Crippen molar-refractivity contribution in [3.05, 3.63) is 22.3 Å². The van der Waals surface area contributed by atoms with Crippen molar-refractivity contribution in [3.8, 4) is 0 Å². The number of nitrogens with one attached hydrogen (secondary N) is 1. The SMILES string of the molecule is CC(C)C1(C)N=C(N2C=C(Br)C=C(C(=O)O)C2)NC1=O. The maximum atomic E-state index is 12.1. The molecule has 108 valence electrons. The lowest BCUT2D eigenvalue weighted by molar-refractivity contribution is -0.132. The summed E-state index contributed by atoms with van der Waals surface area (Å²) in [7, 11) is 0. The van der Waals surface area contributed by atoms with Crippen LogP contribution in [0.25, 0.3) is 0 Å². The zero-order valence-corrected chi connectivity index (χ0v) is 13.1. The van der Waals surface area contributed by atoms with Crippen molar-refractivity contribution in [3.63, 3.8) is 0 Å². The molecule has 0 aliphatic carbocycles. The van der Waals surface area contributed by atoms with E-state index in [1.807, 2.05) is 13.8 Å². The van der Waals surface area contributed by atoms with Crippen LogP contribution >= 0.6 is 15.9 Å². The van der Waals surface area contributed by atoms with Gasteiger partial charge in [-0.2, -0.15) is 0 Å². The molecule has 2 aliphatic heterocycles. The second-order valence-electron chi connectivity index (χ2n) is 5.31. The highest BCUT2D eigenvalue weighted by molar-refractivity contribution is 9.11. The topological polar surface area (TPSA) is 82.0 Å². The molecule has 0 saturated heterocycles. The van der Waals surface area contributed by atoms with Gasteiger partial charge in [0, 0.05) is 10.7 Å². The van der Waals surface area contributed by atoms with Crippen molar-refractivity contribution in [1.29, 1.82) is 0 Å². The highest BCUT2D eigenvalue weighted by Crippen LogP contribution is 2.27. The van der Waals surface area contributed by atoms with Gasteiger partial charge in [-0.05, 0) is 34.8 Å². The van der Waals surface area contributed by atoms with Crippen molar-refractivity contribution in [2.45, 2.75) is 26.3 Å². The third-order valence-electron chi connectivity index (χ3n) is 3.63. The first-order valence-corrected chi connectivity index (χ1v) is 7.02. The molecular formula is C13H16BrN3O3. The van der Waals surface area contributed by atoms with E-state index < -0.39 is 11.5 Å². The Morgan fingerprint density at radius 3 is 2.75 bits per heavy atom. The van der Waals surface area contributed by atoms with Gasteiger partial charge in [0.25, 0.3) is 5.91 Å². The summed E-state index contributed by atoms with van der Waals surface area (Å²) in [4.78, 5) is 29.2. The van der Waals surface area contributed by atoms with Crippen molar-refractivity contribution in [1.82, 2.24) is 10.2 Å². The number of amides is 1. The number of rotatable bonds is 2. The molecule has 2 N–H and O–H groups in total. The van der Waals surface area contributed by atoms with Crippen LogP contribution < -0.4 is 5.32 Å². The number of allylic oxidation sites excluding steroid dienone is 2. The van der Waals surface area contributed by atoms with Gasteiger partial charge >= 0.3 is 5.97 Å². The van der Waals surface area contributed by atoms with E-state index in [1.54, 1.807) is 18.0 Å². The van der Waals surface area contributed by atoms with Gasteiger partial charge < -0.3 is 10.0 Å². The van der Waals surface area contributed by atoms with E-state index in [4.69, 9.17) is 5.11 Å². The number of carbonyl (C=O) groups is 2. The van der Waals surface area contributed by atoms with Crippen LogP contribution in [-0.4, -0.2) is 39.9 Å². The molecule has 2 heterocycles.